The number of hydrogen-bond donors (Lipinski definition) is 3. The van der Waals surface area contributed by atoms with Gasteiger partial charge in [0.05, 0.1) is 11.1 Å². The van der Waals surface area contributed by atoms with Crippen molar-refractivity contribution in [1.82, 2.24) is 15.1 Å². The summed E-state index contributed by atoms with van der Waals surface area (Å²) in [5, 5.41) is 26.1. The normalized spacial score (nSPS) is 21.6. The zero-order valence-electron chi connectivity index (χ0n) is 23.6. The van der Waals surface area contributed by atoms with Crippen LogP contribution in [0.5, 0.6) is 11.5 Å². The lowest BCUT2D eigenvalue weighted by atomic mass is 9.85. The van der Waals surface area contributed by atoms with Crippen LogP contribution in [0.25, 0.3) is 22.3 Å². The van der Waals surface area contributed by atoms with Gasteiger partial charge in [0.1, 0.15) is 28.2 Å². The van der Waals surface area contributed by atoms with E-state index in [2.05, 4.69) is 5.32 Å². The number of carbonyl (C=O) groups is 1. The SMILES string of the molecule is CCCN(CC1CCCCN1)C(=O)Oc1cc(O)c2c(=O)cc(-c3ccccc3Cl)oc2c1[C@H]1CCN(C)C[C@H]1O. The Hall–Kier alpha value is -3.11. The van der Waals surface area contributed by atoms with Gasteiger partial charge in [-0.1, -0.05) is 37.1 Å². The van der Waals surface area contributed by atoms with E-state index in [9.17, 15) is 19.8 Å². The van der Waals surface area contributed by atoms with Gasteiger partial charge in [-0.2, -0.15) is 0 Å². The first-order valence-electron chi connectivity index (χ1n) is 14.4. The smallest absolute Gasteiger partial charge is 0.415 e. The predicted molar refractivity (Wildman–Crippen MR) is 159 cm³/mol. The molecule has 2 aliphatic rings. The molecule has 0 radical (unpaired) electrons. The van der Waals surface area contributed by atoms with Crippen LogP contribution in [0.2, 0.25) is 5.02 Å². The number of nitrogens with zero attached hydrogens (tertiary/aromatic N) is 2. The van der Waals surface area contributed by atoms with Gasteiger partial charge in [-0.15, -0.1) is 0 Å². The summed E-state index contributed by atoms with van der Waals surface area (Å²) in [6.45, 7) is 5.01. The number of carbonyl (C=O) groups excluding carboxylic acids is 1. The number of nitrogens with one attached hydrogen (secondary N) is 1. The number of amides is 1. The third-order valence-electron chi connectivity index (χ3n) is 8.08. The molecular weight excluding hydrogens is 546 g/mol. The van der Waals surface area contributed by atoms with Crippen LogP contribution in [-0.4, -0.2) is 78.0 Å². The summed E-state index contributed by atoms with van der Waals surface area (Å²) in [5.41, 5.74) is 0.528. The zero-order chi connectivity index (χ0) is 29.1. The van der Waals surface area contributed by atoms with E-state index in [0.29, 0.717) is 48.7 Å². The van der Waals surface area contributed by atoms with Crippen molar-refractivity contribution in [2.45, 2.75) is 57.1 Å². The highest BCUT2D eigenvalue weighted by molar-refractivity contribution is 6.33. The number of likely N-dealkylation sites (tertiary alicyclic amines) is 1. The Bertz CT molecular complexity index is 1450. The molecule has 1 aromatic heterocycles. The minimum absolute atomic E-state index is 0.0291. The average Bonchev–Trinajstić information content (AvgIpc) is 2.94. The largest absolute Gasteiger partial charge is 0.507 e. The van der Waals surface area contributed by atoms with Crippen molar-refractivity contribution in [3.05, 3.63) is 57.2 Å². The number of phenols is 1. The molecule has 3 atom stereocenters. The molecule has 0 spiro atoms. The topological polar surface area (TPSA) is 115 Å². The number of benzene rings is 2. The van der Waals surface area contributed by atoms with Crippen molar-refractivity contribution in [2.75, 3.05) is 39.8 Å². The lowest BCUT2D eigenvalue weighted by Gasteiger charge is -2.35. The molecule has 1 unspecified atom stereocenters. The molecule has 5 rings (SSSR count). The summed E-state index contributed by atoms with van der Waals surface area (Å²) < 4.78 is 12.3. The van der Waals surface area contributed by atoms with Crippen molar-refractivity contribution in [3.63, 3.8) is 0 Å². The monoisotopic (exact) mass is 583 g/mol. The third kappa shape index (κ3) is 6.38. The number of β-amino-alcohol motifs (C(OH)–C–C–N with tert-alkyl or cyclic N) is 1. The van der Waals surface area contributed by atoms with E-state index in [0.717, 1.165) is 32.2 Å². The van der Waals surface area contributed by atoms with Crippen LogP contribution in [0.3, 0.4) is 0 Å². The number of hydrogen-bond acceptors (Lipinski definition) is 8. The van der Waals surface area contributed by atoms with Crippen molar-refractivity contribution >= 4 is 28.7 Å². The molecule has 3 heterocycles. The van der Waals surface area contributed by atoms with E-state index in [1.54, 1.807) is 29.2 Å². The summed E-state index contributed by atoms with van der Waals surface area (Å²) in [7, 11) is 1.92. The lowest BCUT2D eigenvalue weighted by Crippen LogP contribution is -2.47. The van der Waals surface area contributed by atoms with Gasteiger partial charge >= 0.3 is 6.09 Å². The number of piperidine rings is 2. The van der Waals surface area contributed by atoms with Gasteiger partial charge in [0.15, 0.2) is 5.43 Å². The first-order valence-corrected chi connectivity index (χ1v) is 14.8. The van der Waals surface area contributed by atoms with E-state index >= 15 is 0 Å². The second kappa shape index (κ2) is 12.8. The Balaban J connectivity index is 1.62. The summed E-state index contributed by atoms with van der Waals surface area (Å²) in [6.07, 6.45) is 3.13. The Morgan fingerprint density at radius 1 is 1.24 bits per heavy atom. The molecule has 0 aliphatic carbocycles. The predicted octanol–water partition coefficient (Wildman–Crippen LogP) is 4.95. The maximum absolute atomic E-state index is 13.6. The fraction of sp³-hybridized carbons (Fsp3) is 0.484. The molecule has 3 aromatic rings. The number of likely N-dealkylation sites (N-methyl/N-ethyl adjacent to an activating group) is 1. The Morgan fingerprint density at radius 3 is 2.76 bits per heavy atom. The molecule has 0 bridgehead atoms. The first-order chi connectivity index (χ1) is 19.8. The minimum atomic E-state index is -0.814. The number of aromatic hydroxyl groups is 1. The van der Waals surface area contributed by atoms with Gasteiger partial charge in [0, 0.05) is 54.9 Å². The molecule has 2 aliphatic heterocycles. The molecule has 220 valence electrons. The standard InChI is InChI=1S/C31H38ClN3O6/c1-3-13-35(17-19-8-6-7-12-33-19)31(39)41-27-16-24(37)29-23(36)15-26(20-9-4-5-10-22(20)32)40-30(29)28(27)21-11-14-34(2)18-25(21)38/h4-5,9-10,15-16,19,21,25,33,37-38H,3,6-8,11-14,17-18H2,1-2H3/t19?,21-,25+/m0/s1. The first kappa shape index (κ1) is 29.4. The fourth-order valence-electron chi connectivity index (χ4n) is 6.00. The molecule has 2 saturated heterocycles. The molecule has 3 N–H and O–H groups in total. The van der Waals surface area contributed by atoms with Crippen LogP contribution in [0.4, 0.5) is 4.79 Å². The number of fused-ring (bicyclic) bond motifs is 1. The number of aliphatic hydroxyl groups is 1. The highest BCUT2D eigenvalue weighted by Crippen LogP contribution is 2.43. The van der Waals surface area contributed by atoms with Crippen LogP contribution in [0, 0.1) is 0 Å². The quantitative estimate of drug-likeness (QED) is 0.358. The lowest BCUT2D eigenvalue weighted by molar-refractivity contribution is 0.0627. The van der Waals surface area contributed by atoms with E-state index in [1.807, 2.05) is 18.9 Å². The van der Waals surface area contributed by atoms with Crippen molar-refractivity contribution in [3.8, 4) is 22.8 Å². The molecule has 2 fully saturated rings. The second-order valence-corrected chi connectivity index (χ2v) is 11.6. The van der Waals surface area contributed by atoms with E-state index in [4.69, 9.17) is 20.8 Å². The molecule has 0 saturated carbocycles. The molecule has 1 amide bonds. The van der Waals surface area contributed by atoms with Crippen molar-refractivity contribution in [2.24, 2.45) is 0 Å². The summed E-state index contributed by atoms with van der Waals surface area (Å²) >= 11 is 6.43. The van der Waals surface area contributed by atoms with Crippen LogP contribution < -0.4 is 15.5 Å². The molecule has 2 aromatic carbocycles. The highest BCUT2D eigenvalue weighted by atomic mass is 35.5. The van der Waals surface area contributed by atoms with Gasteiger partial charge < -0.3 is 34.5 Å². The summed E-state index contributed by atoms with van der Waals surface area (Å²) in [5.74, 6) is -0.563. The van der Waals surface area contributed by atoms with Gasteiger partial charge in [-0.25, -0.2) is 4.79 Å². The molecule has 10 heteroatoms. The number of rotatable bonds is 7. The van der Waals surface area contributed by atoms with Gasteiger partial charge in [-0.05, 0) is 58.0 Å². The highest BCUT2D eigenvalue weighted by Gasteiger charge is 2.35. The number of ether oxygens (including phenoxy) is 1. The number of halogens is 1. The van der Waals surface area contributed by atoms with Crippen LogP contribution >= 0.6 is 11.6 Å². The molecular formula is C31H38ClN3O6. The maximum atomic E-state index is 13.6. The minimum Gasteiger partial charge on any atom is -0.507 e. The fourth-order valence-corrected chi connectivity index (χ4v) is 6.23. The maximum Gasteiger partial charge on any atom is 0.415 e. The summed E-state index contributed by atoms with van der Waals surface area (Å²) in [6, 6.07) is 9.77. The second-order valence-electron chi connectivity index (χ2n) is 11.2. The Morgan fingerprint density at radius 2 is 2.05 bits per heavy atom. The number of phenolic OH excluding ortho intramolecular Hbond substituents is 1. The Kier molecular flexibility index (Phi) is 9.19. The van der Waals surface area contributed by atoms with E-state index in [-0.39, 0.29) is 34.3 Å². The molecule has 41 heavy (non-hydrogen) atoms. The van der Waals surface area contributed by atoms with Crippen LogP contribution in [0.1, 0.15) is 50.5 Å². The average molecular weight is 584 g/mol. The summed E-state index contributed by atoms with van der Waals surface area (Å²) in [4.78, 5) is 30.7. The van der Waals surface area contributed by atoms with Gasteiger partial charge in [0.2, 0.25) is 0 Å². The van der Waals surface area contributed by atoms with Gasteiger partial charge in [0.25, 0.3) is 0 Å². The van der Waals surface area contributed by atoms with Gasteiger partial charge in [-0.3, -0.25) is 4.79 Å². The van der Waals surface area contributed by atoms with Crippen molar-refractivity contribution < 1.29 is 24.2 Å². The molecule has 9 nitrogen and oxygen atoms in total. The third-order valence-corrected chi connectivity index (χ3v) is 8.41. The zero-order valence-corrected chi connectivity index (χ0v) is 24.3. The van der Waals surface area contributed by atoms with Crippen LogP contribution in [-0.2, 0) is 0 Å². The number of aliphatic hydroxyl groups excluding tert-OH is 1. The van der Waals surface area contributed by atoms with E-state index in [1.165, 1.54) is 12.1 Å². The van der Waals surface area contributed by atoms with Crippen molar-refractivity contribution in [1.29, 1.82) is 0 Å². The van der Waals surface area contributed by atoms with E-state index < -0.39 is 23.5 Å². The van der Waals surface area contributed by atoms with Crippen LogP contribution in [0.15, 0.2) is 45.6 Å². The Labute approximate surface area is 244 Å².